The Bertz CT molecular complexity index is 665. The van der Waals surface area contributed by atoms with Gasteiger partial charge in [0.2, 0.25) is 0 Å². The molecule has 1 heterocycles. The SMILES string of the molecule is CN(Cc1ccccn1)c1ccc(C#N)c([N+](=O)[O-])c1. The van der Waals surface area contributed by atoms with Gasteiger partial charge in [-0.05, 0) is 24.3 Å². The first-order valence-corrected chi connectivity index (χ1v) is 5.91. The number of nitrogens with zero attached hydrogens (tertiary/aromatic N) is 4. The maximum atomic E-state index is 10.9. The van der Waals surface area contributed by atoms with Gasteiger partial charge in [0.25, 0.3) is 5.69 Å². The lowest BCUT2D eigenvalue weighted by Gasteiger charge is -2.18. The van der Waals surface area contributed by atoms with Crippen LogP contribution in [0.15, 0.2) is 42.6 Å². The number of benzene rings is 1. The molecule has 0 saturated heterocycles. The number of hydrogen-bond acceptors (Lipinski definition) is 5. The van der Waals surface area contributed by atoms with Crippen LogP contribution in [0.4, 0.5) is 11.4 Å². The van der Waals surface area contributed by atoms with Crippen LogP contribution in [0.3, 0.4) is 0 Å². The highest BCUT2D eigenvalue weighted by molar-refractivity contribution is 5.60. The summed E-state index contributed by atoms with van der Waals surface area (Å²) in [6, 6.07) is 12.0. The molecule has 0 aliphatic rings. The Labute approximate surface area is 116 Å². The summed E-state index contributed by atoms with van der Waals surface area (Å²) >= 11 is 0. The zero-order valence-electron chi connectivity index (χ0n) is 10.9. The molecule has 2 rings (SSSR count). The van der Waals surface area contributed by atoms with E-state index in [1.54, 1.807) is 12.3 Å². The Morgan fingerprint density at radius 1 is 1.40 bits per heavy atom. The summed E-state index contributed by atoms with van der Waals surface area (Å²) in [5.41, 5.74) is 1.41. The van der Waals surface area contributed by atoms with Gasteiger partial charge in [-0.25, -0.2) is 0 Å². The van der Waals surface area contributed by atoms with Crippen molar-refractivity contribution in [3.63, 3.8) is 0 Å². The maximum absolute atomic E-state index is 10.9. The van der Waals surface area contributed by atoms with Crippen LogP contribution in [-0.4, -0.2) is 17.0 Å². The van der Waals surface area contributed by atoms with E-state index in [0.717, 1.165) is 5.69 Å². The van der Waals surface area contributed by atoms with E-state index < -0.39 is 4.92 Å². The van der Waals surface area contributed by atoms with Crippen LogP contribution < -0.4 is 4.90 Å². The van der Waals surface area contributed by atoms with Crippen molar-refractivity contribution < 1.29 is 4.92 Å². The predicted octanol–water partition coefficient (Wildman–Crippen LogP) is 2.50. The lowest BCUT2D eigenvalue weighted by Crippen LogP contribution is -2.17. The highest BCUT2D eigenvalue weighted by Crippen LogP contribution is 2.25. The zero-order chi connectivity index (χ0) is 14.5. The average molecular weight is 268 g/mol. The van der Waals surface area contributed by atoms with Gasteiger partial charge < -0.3 is 4.90 Å². The number of nitro benzene ring substituents is 1. The van der Waals surface area contributed by atoms with Crippen molar-refractivity contribution in [2.24, 2.45) is 0 Å². The van der Waals surface area contributed by atoms with E-state index in [2.05, 4.69) is 4.98 Å². The van der Waals surface area contributed by atoms with Gasteiger partial charge in [0.15, 0.2) is 0 Å². The number of nitro groups is 1. The summed E-state index contributed by atoms with van der Waals surface area (Å²) < 4.78 is 0. The van der Waals surface area contributed by atoms with Crippen LogP contribution in [0.25, 0.3) is 0 Å². The van der Waals surface area contributed by atoms with E-state index >= 15 is 0 Å². The fraction of sp³-hybridized carbons (Fsp3) is 0.143. The normalized spacial score (nSPS) is 9.80. The van der Waals surface area contributed by atoms with Gasteiger partial charge in [0, 0.05) is 25.0 Å². The molecule has 1 aromatic heterocycles. The Hall–Kier alpha value is -2.94. The van der Waals surface area contributed by atoms with Crippen molar-refractivity contribution in [1.29, 1.82) is 5.26 Å². The molecule has 0 bridgehead atoms. The minimum Gasteiger partial charge on any atom is -0.368 e. The molecule has 20 heavy (non-hydrogen) atoms. The van der Waals surface area contributed by atoms with Crippen molar-refractivity contribution in [3.05, 3.63) is 64.0 Å². The molecule has 0 amide bonds. The minimum atomic E-state index is -0.545. The molecule has 6 nitrogen and oxygen atoms in total. The Balaban J connectivity index is 2.27. The molecule has 1 aromatic carbocycles. The van der Waals surface area contributed by atoms with Crippen molar-refractivity contribution in [3.8, 4) is 6.07 Å². The second-order valence-corrected chi connectivity index (χ2v) is 4.25. The number of nitriles is 1. The Morgan fingerprint density at radius 2 is 2.20 bits per heavy atom. The van der Waals surface area contributed by atoms with Crippen molar-refractivity contribution in [2.45, 2.75) is 6.54 Å². The van der Waals surface area contributed by atoms with E-state index in [-0.39, 0.29) is 11.3 Å². The molecule has 0 radical (unpaired) electrons. The van der Waals surface area contributed by atoms with E-state index in [1.165, 1.54) is 12.1 Å². The first-order chi connectivity index (χ1) is 9.61. The van der Waals surface area contributed by atoms with Crippen LogP contribution in [0, 0.1) is 21.4 Å². The number of anilines is 1. The van der Waals surface area contributed by atoms with Gasteiger partial charge in [0.1, 0.15) is 11.6 Å². The molecular formula is C14H12N4O2. The number of aromatic nitrogens is 1. The van der Waals surface area contributed by atoms with E-state index in [9.17, 15) is 10.1 Å². The van der Waals surface area contributed by atoms with Crippen molar-refractivity contribution >= 4 is 11.4 Å². The fourth-order valence-electron chi connectivity index (χ4n) is 1.83. The van der Waals surface area contributed by atoms with Crippen LogP contribution in [0.5, 0.6) is 0 Å². The van der Waals surface area contributed by atoms with E-state index in [1.807, 2.05) is 36.2 Å². The smallest absolute Gasteiger partial charge is 0.289 e. The first kappa shape index (κ1) is 13.5. The molecule has 100 valence electrons. The lowest BCUT2D eigenvalue weighted by molar-refractivity contribution is -0.385. The maximum Gasteiger partial charge on any atom is 0.289 e. The highest BCUT2D eigenvalue weighted by Gasteiger charge is 2.15. The summed E-state index contributed by atoms with van der Waals surface area (Å²) in [4.78, 5) is 16.4. The van der Waals surface area contributed by atoms with Crippen molar-refractivity contribution in [2.75, 3.05) is 11.9 Å². The third-order valence-corrected chi connectivity index (χ3v) is 2.86. The van der Waals surface area contributed by atoms with E-state index in [4.69, 9.17) is 5.26 Å². The van der Waals surface area contributed by atoms with Gasteiger partial charge >= 0.3 is 0 Å². The summed E-state index contributed by atoms with van der Waals surface area (Å²) in [6.45, 7) is 0.532. The van der Waals surface area contributed by atoms with Crippen LogP contribution in [-0.2, 0) is 6.54 Å². The number of pyridine rings is 1. The number of hydrogen-bond donors (Lipinski definition) is 0. The van der Waals surface area contributed by atoms with Gasteiger partial charge in [-0.3, -0.25) is 15.1 Å². The predicted molar refractivity (Wildman–Crippen MR) is 74.2 cm³/mol. The van der Waals surface area contributed by atoms with Crippen LogP contribution >= 0.6 is 0 Å². The van der Waals surface area contributed by atoms with Gasteiger partial charge in [-0.15, -0.1) is 0 Å². The van der Waals surface area contributed by atoms with Gasteiger partial charge in [-0.1, -0.05) is 6.07 Å². The van der Waals surface area contributed by atoms with Gasteiger partial charge in [-0.2, -0.15) is 5.26 Å². The molecule has 0 fully saturated rings. The first-order valence-electron chi connectivity index (χ1n) is 5.91. The topological polar surface area (TPSA) is 83.1 Å². The molecule has 0 atom stereocenters. The lowest BCUT2D eigenvalue weighted by atomic mass is 10.1. The van der Waals surface area contributed by atoms with Crippen LogP contribution in [0.1, 0.15) is 11.3 Å². The Morgan fingerprint density at radius 3 is 2.80 bits per heavy atom. The fourth-order valence-corrected chi connectivity index (χ4v) is 1.83. The molecule has 0 unspecified atom stereocenters. The molecular weight excluding hydrogens is 256 g/mol. The average Bonchev–Trinajstić information content (AvgIpc) is 2.47. The summed E-state index contributed by atoms with van der Waals surface area (Å²) in [5, 5.41) is 19.8. The van der Waals surface area contributed by atoms with E-state index in [0.29, 0.717) is 12.2 Å². The third-order valence-electron chi connectivity index (χ3n) is 2.86. The Kier molecular flexibility index (Phi) is 3.91. The van der Waals surface area contributed by atoms with Crippen LogP contribution in [0.2, 0.25) is 0 Å². The number of rotatable bonds is 4. The highest BCUT2D eigenvalue weighted by atomic mass is 16.6. The summed E-state index contributed by atoms with van der Waals surface area (Å²) in [7, 11) is 1.82. The molecule has 0 N–H and O–H groups in total. The van der Waals surface area contributed by atoms with Crippen molar-refractivity contribution in [1.82, 2.24) is 4.98 Å². The quantitative estimate of drug-likeness (QED) is 0.628. The molecule has 6 heteroatoms. The molecule has 0 aliphatic carbocycles. The second kappa shape index (κ2) is 5.80. The molecule has 0 aliphatic heterocycles. The monoisotopic (exact) mass is 268 g/mol. The zero-order valence-corrected chi connectivity index (χ0v) is 10.9. The molecule has 2 aromatic rings. The standard InChI is InChI=1S/C14H12N4O2/c1-17(10-12-4-2-3-7-16-12)13-6-5-11(9-15)14(8-13)18(19)20/h2-8H,10H2,1H3. The largest absolute Gasteiger partial charge is 0.368 e. The summed E-state index contributed by atoms with van der Waals surface area (Å²) in [5.74, 6) is 0. The second-order valence-electron chi connectivity index (χ2n) is 4.25. The summed E-state index contributed by atoms with van der Waals surface area (Å²) in [6.07, 6.45) is 1.70. The van der Waals surface area contributed by atoms with Gasteiger partial charge in [0.05, 0.1) is 17.2 Å². The molecule has 0 saturated carbocycles. The molecule has 0 spiro atoms. The third kappa shape index (κ3) is 2.90. The minimum absolute atomic E-state index is 0.0602.